The van der Waals surface area contributed by atoms with Gasteiger partial charge in [0.25, 0.3) is 5.91 Å². The summed E-state index contributed by atoms with van der Waals surface area (Å²) in [4.78, 5) is 13.7. The third-order valence-electron chi connectivity index (χ3n) is 2.79. The summed E-state index contributed by atoms with van der Waals surface area (Å²) in [5.74, 6) is -0.344. The summed E-state index contributed by atoms with van der Waals surface area (Å²) < 4.78 is 0. The lowest BCUT2D eigenvalue weighted by atomic mass is 10.1. The highest BCUT2D eigenvalue weighted by Gasteiger charge is 2.28. The molecule has 2 rings (SSSR count). The zero-order chi connectivity index (χ0) is 12.3. The summed E-state index contributed by atoms with van der Waals surface area (Å²) in [6.07, 6.45) is 0. The molecule has 0 saturated carbocycles. The fraction of sp³-hybridized carbons (Fsp3) is 0.333. The van der Waals surface area contributed by atoms with E-state index in [2.05, 4.69) is 11.4 Å². The minimum Gasteiger partial charge on any atom is -0.507 e. The van der Waals surface area contributed by atoms with E-state index in [4.69, 9.17) is 5.26 Å². The molecule has 1 saturated heterocycles. The van der Waals surface area contributed by atoms with Crippen molar-refractivity contribution in [1.29, 1.82) is 5.26 Å². The van der Waals surface area contributed by atoms with E-state index in [0.29, 0.717) is 19.6 Å². The van der Waals surface area contributed by atoms with Crippen LogP contribution in [0.15, 0.2) is 24.3 Å². The summed E-state index contributed by atoms with van der Waals surface area (Å²) in [6.45, 7) is 1.61. The summed E-state index contributed by atoms with van der Waals surface area (Å²) in [6, 6.07) is 7.99. The van der Waals surface area contributed by atoms with E-state index in [9.17, 15) is 9.90 Å². The smallest absolute Gasteiger partial charge is 0.258 e. The number of piperazine rings is 1. The normalized spacial score (nSPS) is 19.7. The van der Waals surface area contributed by atoms with Crippen LogP contribution < -0.4 is 5.32 Å². The van der Waals surface area contributed by atoms with Crippen LogP contribution in [0.25, 0.3) is 0 Å². The number of para-hydroxylation sites is 1. The second-order valence-corrected chi connectivity index (χ2v) is 3.86. The molecule has 1 aromatic carbocycles. The monoisotopic (exact) mass is 231 g/mol. The fourth-order valence-corrected chi connectivity index (χ4v) is 1.87. The number of phenols is 1. The maximum atomic E-state index is 12.2. The number of amides is 1. The van der Waals surface area contributed by atoms with Crippen molar-refractivity contribution in [3.05, 3.63) is 29.8 Å². The Morgan fingerprint density at radius 3 is 3.00 bits per heavy atom. The van der Waals surface area contributed by atoms with Gasteiger partial charge in [0, 0.05) is 19.6 Å². The van der Waals surface area contributed by atoms with Gasteiger partial charge in [0.05, 0.1) is 11.6 Å². The highest BCUT2D eigenvalue weighted by molar-refractivity contribution is 5.97. The first-order chi connectivity index (χ1) is 8.24. The molecule has 0 bridgehead atoms. The number of hydrogen-bond donors (Lipinski definition) is 2. The average Bonchev–Trinajstić information content (AvgIpc) is 2.38. The van der Waals surface area contributed by atoms with Gasteiger partial charge in [-0.25, -0.2) is 0 Å². The van der Waals surface area contributed by atoms with Crippen LogP contribution in [0.3, 0.4) is 0 Å². The lowest BCUT2D eigenvalue weighted by Gasteiger charge is -2.32. The van der Waals surface area contributed by atoms with Crippen LogP contribution in [0.1, 0.15) is 10.4 Å². The van der Waals surface area contributed by atoms with Crippen molar-refractivity contribution in [1.82, 2.24) is 10.2 Å². The number of nitriles is 1. The van der Waals surface area contributed by atoms with Crippen LogP contribution in [0.2, 0.25) is 0 Å². The van der Waals surface area contributed by atoms with Crippen LogP contribution >= 0.6 is 0 Å². The molecule has 1 aliphatic heterocycles. The maximum absolute atomic E-state index is 12.2. The van der Waals surface area contributed by atoms with E-state index >= 15 is 0 Å². The molecule has 0 radical (unpaired) electrons. The van der Waals surface area contributed by atoms with Crippen LogP contribution in [-0.2, 0) is 0 Å². The number of nitrogens with one attached hydrogen (secondary N) is 1. The molecule has 1 aliphatic rings. The molecular weight excluding hydrogens is 218 g/mol. The lowest BCUT2D eigenvalue weighted by molar-refractivity contribution is 0.0684. The molecule has 1 amide bonds. The van der Waals surface area contributed by atoms with Crippen molar-refractivity contribution in [2.45, 2.75) is 6.04 Å². The zero-order valence-electron chi connectivity index (χ0n) is 9.26. The van der Waals surface area contributed by atoms with Crippen molar-refractivity contribution in [3.8, 4) is 11.8 Å². The second-order valence-electron chi connectivity index (χ2n) is 3.86. The minimum absolute atomic E-state index is 0.0484. The fourth-order valence-electron chi connectivity index (χ4n) is 1.87. The van der Waals surface area contributed by atoms with Crippen LogP contribution in [-0.4, -0.2) is 41.6 Å². The third-order valence-corrected chi connectivity index (χ3v) is 2.79. The van der Waals surface area contributed by atoms with Crippen molar-refractivity contribution in [3.63, 3.8) is 0 Å². The van der Waals surface area contributed by atoms with E-state index in [1.165, 1.54) is 11.0 Å². The number of nitrogens with zero attached hydrogens (tertiary/aromatic N) is 2. The van der Waals surface area contributed by atoms with Gasteiger partial charge >= 0.3 is 0 Å². The van der Waals surface area contributed by atoms with E-state index in [1.807, 2.05) is 0 Å². The van der Waals surface area contributed by atoms with Gasteiger partial charge in [0.1, 0.15) is 11.8 Å². The molecule has 0 aliphatic carbocycles. The number of aromatic hydroxyl groups is 1. The quantitative estimate of drug-likeness (QED) is 0.730. The van der Waals surface area contributed by atoms with Gasteiger partial charge in [0.15, 0.2) is 0 Å². The molecule has 17 heavy (non-hydrogen) atoms. The first-order valence-corrected chi connectivity index (χ1v) is 5.43. The second kappa shape index (κ2) is 4.85. The van der Waals surface area contributed by atoms with Crippen LogP contribution in [0.4, 0.5) is 0 Å². The van der Waals surface area contributed by atoms with Gasteiger partial charge in [-0.1, -0.05) is 12.1 Å². The van der Waals surface area contributed by atoms with Crippen molar-refractivity contribution < 1.29 is 9.90 Å². The molecule has 1 atom stereocenters. The SMILES string of the molecule is N#CC1CNCCN1C(=O)c1ccccc1O. The van der Waals surface area contributed by atoms with E-state index in [1.54, 1.807) is 18.2 Å². The summed E-state index contributed by atoms with van der Waals surface area (Å²) in [7, 11) is 0. The van der Waals surface area contributed by atoms with Crippen molar-refractivity contribution in [2.24, 2.45) is 0 Å². The van der Waals surface area contributed by atoms with Crippen LogP contribution in [0, 0.1) is 11.3 Å². The molecular formula is C12H13N3O2. The Kier molecular flexibility index (Phi) is 3.26. The third kappa shape index (κ3) is 2.22. The highest BCUT2D eigenvalue weighted by Crippen LogP contribution is 2.19. The summed E-state index contributed by atoms with van der Waals surface area (Å²) >= 11 is 0. The Hall–Kier alpha value is -2.06. The topological polar surface area (TPSA) is 76.4 Å². The number of benzene rings is 1. The summed E-state index contributed by atoms with van der Waals surface area (Å²) in [5, 5.41) is 21.7. The predicted octanol–water partition coefficient (Wildman–Crippen LogP) is 0.330. The zero-order valence-corrected chi connectivity index (χ0v) is 9.26. The molecule has 5 heteroatoms. The Bertz CT molecular complexity index is 467. The first kappa shape index (κ1) is 11.4. The molecule has 2 N–H and O–H groups in total. The number of hydrogen-bond acceptors (Lipinski definition) is 4. The van der Waals surface area contributed by atoms with Crippen LogP contribution in [0.5, 0.6) is 5.75 Å². The van der Waals surface area contributed by atoms with Crippen molar-refractivity contribution in [2.75, 3.05) is 19.6 Å². The van der Waals surface area contributed by atoms with E-state index in [-0.39, 0.29) is 17.2 Å². The first-order valence-electron chi connectivity index (χ1n) is 5.43. The number of carbonyl (C=O) groups is 1. The Balaban J connectivity index is 2.25. The Morgan fingerprint density at radius 1 is 1.53 bits per heavy atom. The molecule has 5 nitrogen and oxygen atoms in total. The molecule has 88 valence electrons. The highest BCUT2D eigenvalue weighted by atomic mass is 16.3. The van der Waals surface area contributed by atoms with Crippen molar-refractivity contribution >= 4 is 5.91 Å². The maximum Gasteiger partial charge on any atom is 0.258 e. The number of carbonyl (C=O) groups excluding carboxylic acids is 1. The van der Waals surface area contributed by atoms with Gasteiger partial charge in [-0.2, -0.15) is 5.26 Å². The van der Waals surface area contributed by atoms with Gasteiger partial charge in [0.2, 0.25) is 0 Å². The molecule has 1 fully saturated rings. The molecule has 1 aromatic rings. The molecule has 0 spiro atoms. The minimum atomic E-state index is -0.476. The Labute approximate surface area is 99.3 Å². The van der Waals surface area contributed by atoms with E-state index in [0.717, 1.165) is 0 Å². The van der Waals surface area contributed by atoms with Gasteiger partial charge in [-0.05, 0) is 12.1 Å². The van der Waals surface area contributed by atoms with Gasteiger partial charge in [-0.15, -0.1) is 0 Å². The largest absolute Gasteiger partial charge is 0.507 e. The molecule has 1 unspecified atom stereocenters. The molecule has 1 heterocycles. The van der Waals surface area contributed by atoms with Gasteiger partial charge in [-0.3, -0.25) is 4.79 Å². The van der Waals surface area contributed by atoms with E-state index < -0.39 is 6.04 Å². The summed E-state index contributed by atoms with van der Waals surface area (Å²) in [5.41, 5.74) is 0.245. The number of rotatable bonds is 1. The standard InChI is InChI=1S/C12H13N3O2/c13-7-9-8-14-5-6-15(9)12(17)10-3-1-2-4-11(10)16/h1-4,9,14,16H,5-6,8H2. The molecule has 0 aromatic heterocycles. The Morgan fingerprint density at radius 2 is 2.29 bits per heavy atom. The average molecular weight is 231 g/mol. The lowest BCUT2D eigenvalue weighted by Crippen LogP contribution is -2.53. The predicted molar refractivity (Wildman–Crippen MR) is 61.4 cm³/mol. The van der Waals surface area contributed by atoms with Gasteiger partial charge < -0.3 is 15.3 Å². The number of phenolic OH excluding ortho intramolecular Hbond substituents is 1.